The van der Waals surface area contributed by atoms with E-state index in [9.17, 15) is 0 Å². The average Bonchev–Trinajstić information content (AvgIpc) is 3.57. The summed E-state index contributed by atoms with van der Waals surface area (Å²) in [6.07, 6.45) is 0. The Labute approximate surface area is 207 Å². The number of nitrogens with one attached hydrogen (secondary N) is 2. The minimum atomic E-state index is 0.357. The second-order valence-electron chi connectivity index (χ2n) is 10.0. The van der Waals surface area contributed by atoms with Gasteiger partial charge in [0.1, 0.15) is 29.5 Å². The molecule has 0 amide bonds. The molecule has 0 spiro atoms. The van der Waals surface area contributed by atoms with E-state index >= 15 is 0 Å². The van der Waals surface area contributed by atoms with E-state index in [0.717, 1.165) is 50.9 Å². The Morgan fingerprint density at radius 3 is 2.40 bits per heavy atom. The molecule has 5 nitrogen and oxygen atoms in total. The molecule has 4 heterocycles. The molecule has 7 rings (SSSR count). The van der Waals surface area contributed by atoms with E-state index in [1.54, 1.807) is 0 Å². The highest BCUT2D eigenvalue weighted by atomic mass is 32.1. The van der Waals surface area contributed by atoms with Crippen molar-refractivity contribution >= 4 is 42.5 Å². The lowest BCUT2D eigenvalue weighted by Gasteiger charge is -2.17. The number of rotatable bonds is 3. The van der Waals surface area contributed by atoms with Crippen LogP contribution in [0.5, 0.6) is 5.75 Å². The normalized spacial score (nSPS) is 13.2. The second-order valence-corrected chi connectivity index (χ2v) is 11.1. The summed E-state index contributed by atoms with van der Waals surface area (Å²) in [4.78, 5) is 16.7. The lowest BCUT2D eigenvalue weighted by Crippen LogP contribution is -2.05. The molecule has 6 aromatic rings. The van der Waals surface area contributed by atoms with Crippen molar-refractivity contribution in [3.63, 3.8) is 0 Å². The number of hydrogen-bond donors (Lipinski definition) is 2. The molecule has 0 atom stereocenters. The van der Waals surface area contributed by atoms with E-state index in [2.05, 4.69) is 86.2 Å². The number of aromatic amines is 2. The van der Waals surface area contributed by atoms with Gasteiger partial charge in [-0.05, 0) is 35.4 Å². The predicted molar refractivity (Wildman–Crippen MR) is 145 cm³/mol. The fraction of sp³-hybridized carbons (Fsp3) is 0.241. The number of aromatic nitrogens is 4. The summed E-state index contributed by atoms with van der Waals surface area (Å²) in [6.45, 7) is 9.17. The maximum absolute atomic E-state index is 6.13. The van der Waals surface area contributed by atoms with Crippen molar-refractivity contribution < 1.29 is 4.74 Å². The van der Waals surface area contributed by atoms with E-state index in [4.69, 9.17) is 14.7 Å². The number of ether oxygens (including phenoxy) is 1. The molecule has 0 radical (unpaired) electrons. The van der Waals surface area contributed by atoms with Gasteiger partial charge in [-0.2, -0.15) is 0 Å². The lowest BCUT2D eigenvalue weighted by molar-refractivity contribution is 0.298. The summed E-state index contributed by atoms with van der Waals surface area (Å²) in [6, 6.07) is 17.6. The molecule has 1 aliphatic heterocycles. The van der Waals surface area contributed by atoms with Crippen LogP contribution in [0, 0.1) is 0 Å². The van der Waals surface area contributed by atoms with Crippen molar-refractivity contribution in [1.29, 1.82) is 0 Å². The SMILES string of the molecule is CC(C)c1nc2c([nH]1)COc1cc(-c3ccc4c(c3)sc3c4ccc4[nH]c(C(C)C)nc43)ccc1-2. The van der Waals surface area contributed by atoms with Gasteiger partial charge in [0, 0.05) is 32.9 Å². The second kappa shape index (κ2) is 7.43. The molecule has 0 fully saturated rings. The Morgan fingerprint density at radius 1 is 0.829 bits per heavy atom. The van der Waals surface area contributed by atoms with Gasteiger partial charge in [-0.25, -0.2) is 9.97 Å². The molecule has 0 bridgehead atoms. The summed E-state index contributed by atoms with van der Waals surface area (Å²) in [5, 5.41) is 2.55. The third-order valence-corrected chi connectivity index (χ3v) is 8.12. The standard InChI is InChI=1S/C29H26N4OS/c1-14(2)28-30-21-10-9-19-18-7-5-17(12-24(18)35-27(19)26(21)33-28)16-6-8-20-23(11-16)34-13-22-25(20)32-29(31-22)15(3)4/h5-12,14-15H,13H2,1-4H3,(H,30,33)(H,31,32). The molecule has 1 aliphatic rings. The molecular formula is C29H26N4OS. The highest BCUT2D eigenvalue weighted by Crippen LogP contribution is 2.42. The number of fused-ring (bicyclic) bond motifs is 8. The van der Waals surface area contributed by atoms with Gasteiger partial charge >= 0.3 is 0 Å². The van der Waals surface area contributed by atoms with Gasteiger partial charge in [0.05, 0.1) is 21.6 Å². The number of H-pyrrole nitrogens is 2. The van der Waals surface area contributed by atoms with Gasteiger partial charge in [-0.1, -0.05) is 52.0 Å². The van der Waals surface area contributed by atoms with Gasteiger partial charge in [0.15, 0.2) is 0 Å². The van der Waals surface area contributed by atoms with Crippen molar-refractivity contribution in [1.82, 2.24) is 19.9 Å². The zero-order chi connectivity index (χ0) is 23.8. The van der Waals surface area contributed by atoms with Crippen molar-refractivity contribution in [3.8, 4) is 28.1 Å². The summed E-state index contributed by atoms with van der Waals surface area (Å²) in [7, 11) is 0. The van der Waals surface area contributed by atoms with Gasteiger partial charge in [0.2, 0.25) is 0 Å². The quantitative estimate of drug-likeness (QED) is 0.270. The zero-order valence-corrected chi connectivity index (χ0v) is 21.0. The summed E-state index contributed by atoms with van der Waals surface area (Å²) in [5.74, 6) is 3.68. The molecule has 2 N–H and O–H groups in total. The molecule has 0 unspecified atom stereocenters. The first-order chi connectivity index (χ1) is 17.0. The van der Waals surface area contributed by atoms with Crippen LogP contribution < -0.4 is 4.74 Å². The van der Waals surface area contributed by atoms with Crippen LogP contribution in [-0.2, 0) is 6.61 Å². The first kappa shape index (κ1) is 20.7. The molecule has 3 aromatic carbocycles. The molecular weight excluding hydrogens is 452 g/mol. The molecule has 0 aliphatic carbocycles. The van der Waals surface area contributed by atoms with E-state index < -0.39 is 0 Å². The van der Waals surface area contributed by atoms with Crippen molar-refractivity contribution in [2.45, 2.75) is 46.1 Å². The zero-order valence-electron chi connectivity index (χ0n) is 20.2. The maximum atomic E-state index is 6.13. The Bertz CT molecular complexity index is 1770. The van der Waals surface area contributed by atoms with Gasteiger partial charge in [0.25, 0.3) is 0 Å². The number of hydrogen-bond acceptors (Lipinski definition) is 4. The Morgan fingerprint density at radius 2 is 1.57 bits per heavy atom. The topological polar surface area (TPSA) is 66.6 Å². The number of imidazole rings is 2. The highest BCUT2D eigenvalue weighted by Gasteiger charge is 2.23. The summed E-state index contributed by atoms with van der Waals surface area (Å²) < 4.78 is 8.65. The summed E-state index contributed by atoms with van der Waals surface area (Å²) in [5.41, 5.74) is 7.66. The first-order valence-corrected chi connectivity index (χ1v) is 13.0. The third kappa shape index (κ3) is 3.13. The Balaban J connectivity index is 1.32. The van der Waals surface area contributed by atoms with E-state index in [1.165, 1.54) is 25.7 Å². The smallest absolute Gasteiger partial charge is 0.130 e. The van der Waals surface area contributed by atoms with Crippen LogP contribution in [0.2, 0.25) is 0 Å². The third-order valence-electron chi connectivity index (χ3n) is 6.94. The highest BCUT2D eigenvalue weighted by molar-refractivity contribution is 7.26. The monoisotopic (exact) mass is 478 g/mol. The fourth-order valence-electron chi connectivity index (χ4n) is 4.97. The van der Waals surface area contributed by atoms with Crippen molar-refractivity contribution in [2.24, 2.45) is 0 Å². The Hall–Kier alpha value is -3.64. The van der Waals surface area contributed by atoms with Gasteiger partial charge in [-0.15, -0.1) is 11.3 Å². The van der Waals surface area contributed by atoms with E-state index in [-0.39, 0.29) is 0 Å². The van der Waals surface area contributed by atoms with Gasteiger partial charge in [-0.3, -0.25) is 0 Å². The van der Waals surface area contributed by atoms with Crippen LogP contribution in [-0.4, -0.2) is 19.9 Å². The molecule has 0 saturated carbocycles. The largest absolute Gasteiger partial charge is 0.487 e. The predicted octanol–water partition coefficient (Wildman–Crippen LogP) is 8.13. The molecule has 3 aromatic heterocycles. The van der Waals surface area contributed by atoms with Crippen LogP contribution in [0.4, 0.5) is 0 Å². The van der Waals surface area contributed by atoms with E-state index in [0.29, 0.717) is 18.4 Å². The molecule has 6 heteroatoms. The fourth-order valence-corrected chi connectivity index (χ4v) is 6.21. The lowest BCUT2D eigenvalue weighted by atomic mass is 9.99. The van der Waals surface area contributed by atoms with Crippen LogP contribution in [0.15, 0.2) is 48.5 Å². The average molecular weight is 479 g/mol. The Kier molecular flexibility index (Phi) is 4.39. The van der Waals surface area contributed by atoms with Gasteiger partial charge < -0.3 is 14.7 Å². The van der Waals surface area contributed by atoms with E-state index in [1.807, 2.05) is 11.3 Å². The molecule has 0 saturated heterocycles. The minimum absolute atomic E-state index is 0.357. The van der Waals surface area contributed by atoms with Crippen LogP contribution in [0.25, 0.3) is 53.6 Å². The van der Waals surface area contributed by atoms with Crippen LogP contribution in [0.3, 0.4) is 0 Å². The number of benzene rings is 3. The minimum Gasteiger partial charge on any atom is -0.487 e. The number of nitrogens with zero attached hydrogens (tertiary/aromatic N) is 2. The van der Waals surface area contributed by atoms with Crippen molar-refractivity contribution in [3.05, 3.63) is 65.9 Å². The van der Waals surface area contributed by atoms with Crippen molar-refractivity contribution in [2.75, 3.05) is 0 Å². The van der Waals surface area contributed by atoms with Crippen LogP contribution in [0.1, 0.15) is 56.9 Å². The van der Waals surface area contributed by atoms with Crippen LogP contribution >= 0.6 is 11.3 Å². The molecule has 174 valence electrons. The summed E-state index contributed by atoms with van der Waals surface area (Å²) >= 11 is 1.82. The first-order valence-electron chi connectivity index (χ1n) is 12.2. The maximum Gasteiger partial charge on any atom is 0.130 e. The number of thiophene rings is 1. The molecule has 35 heavy (non-hydrogen) atoms.